The van der Waals surface area contributed by atoms with Crippen molar-refractivity contribution in [3.8, 4) is 0 Å². The van der Waals surface area contributed by atoms with Crippen LogP contribution in [0.15, 0.2) is 97.1 Å². The van der Waals surface area contributed by atoms with E-state index in [9.17, 15) is 53.8 Å². The van der Waals surface area contributed by atoms with Crippen LogP contribution >= 0.6 is 0 Å². The first kappa shape index (κ1) is 30.8. The predicted octanol–water partition coefficient (Wildman–Crippen LogP) is 8.43. The highest BCUT2D eigenvalue weighted by Gasteiger charge is 2.81. The van der Waals surface area contributed by atoms with Gasteiger partial charge in [-0.3, -0.25) is 4.79 Å². The van der Waals surface area contributed by atoms with Crippen molar-refractivity contribution < 1.29 is 53.8 Å². The van der Waals surface area contributed by atoms with Crippen LogP contribution in [0.1, 0.15) is 44.3 Å². The summed E-state index contributed by atoms with van der Waals surface area (Å²) in [6, 6.07) is 11.9. The minimum absolute atomic E-state index is 0.0939. The van der Waals surface area contributed by atoms with Gasteiger partial charge in [-0.05, 0) is 47.5 Å². The lowest BCUT2D eigenvalue weighted by Crippen LogP contribution is -2.59. The Morgan fingerprint density at radius 3 is 1.17 bits per heavy atom. The predicted molar refractivity (Wildman–Crippen MR) is 131 cm³/mol. The van der Waals surface area contributed by atoms with Gasteiger partial charge in [0.1, 0.15) is 17.7 Å². The number of hydrogen-bond donors (Lipinski definition) is 1. The van der Waals surface area contributed by atoms with Gasteiger partial charge in [0.15, 0.2) is 5.78 Å². The average Bonchev–Trinajstić information content (AvgIpc) is 2.97. The summed E-state index contributed by atoms with van der Waals surface area (Å²) in [5.74, 6) is -27.1. The van der Waals surface area contributed by atoms with Crippen LogP contribution < -0.4 is 0 Å². The van der Waals surface area contributed by atoms with Crippen molar-refractivity contribution in [3.05, 3.63) is 142 Å². The summed E-state index contributed by atoms with van der Waals surface area (Å²) < 4.78 is 144. The Morgan fingerprint density at radius 1 is 0.500 bits per heavy atom. The summed E-state index contributed by atoms with van der Waals surface area (Å²) in [7, 11) is 0. The Kier molecular flexibility index (Phi) is 7.98. The van der Waals surface area contributed by atoms with E-state index < -0.39 is 58.3 Å². The molecule has 0 aliphatic carbocycles. The second-order valence-electron chi connectivity index (χ2n) is 9.29. The van der Waals surface area contributed by atoms with Gasteiger partial charge in [-0.25, -0.2) is 8.78 Å². The minimum atomic E-state index is -6.64. The molecule has 0 aromatic heterocycles. The van der Waals surface area contributed by atoms with Crippen molar-refractivity contribution in [3.63, 3.8) is 0 Å². The van der Waals surface area contributed by atoms with Crippen molar-refractivity contribution in [2.24, 2.45) is 0 Å². The molecule has 12 heteroatoms. The van der Waals surface area contributed by atoms with E-state index >= 15 is 0 Å². The van der Waals surface area contributed by atoms with E-state index in [1.54, 1.807) is 0 Å². The van der Waals surface area contributed by atoms with Crippen LogP contribution in [0.2, 0.25) is 0 Å². The molecule has 0 aliphatic rings. The SMILES string of the molecule is O=C(c1ccc(F)cc1)c1ccc(C(F)(F)C(F)(F)C(F)(F)C(F)(F)c2ccc(C(O)c3ccc(F)cc3)cc2)cc1. The number of ketones is 1. The number of aliphatic hydroxyl groups is 1. The van der Waals surface area contributed by atoms with Crippen LogP contribution in [0.3, 0.4) is 0 Å². The lowest BCUT2D eigenvalue weighted by atomic mass is 9.89. The molecule has 0 radical (unpaired) electrons. The van der Waals surface area contributed by atoms with E-state index in [1.807, 2.05) is 0 Å². The van der Waals surface area contributed by atoms with E-state index in [0.717, 1.165) is 48.5 Å². The number of halogens is 10. The summed E-state index contributed by atoms with van der Waals surface area (Å²) >= 11 is 0. The minimum Gasteiger partial charge on any atom is -0.384 e. The van der Waals surface area contributed by atoms with E-state index in [-0.39, 0.29) is 46.5 Å². The summed E-state index contributed by atoms with van der Waals surface area (Å²) in [5.41, 5.74) is -4.00. The van der Waals surface area contributed by atoms with Crippen LogP contribution in [-0.4, -0.2) is 22.7 Å². The summed E-state index contributed by atoms with van der Waals surface area (Å²) in [5, 5.41) is 10.3. The summed E-state index contributed by atoms with van der Waals surface area (Å²) in [4.78, 5) is 12.4. The van der Waals surface area contributed by atoms with Gasteiger partial charge in [0.25, 0.3) is 0 Å². The zero-order valence-electron chi connectivity index (χ0n) is 21.0. The molecule has 2 nitrogen and oxygen atoms in total. The molecular weight excluding hydrogens is 582 g/mol. The third kappa shape index (κ3) is 5.26. The van der Waals surface area contributed by atoms with E-state index in [4.69, 9.17) is 0 Å². The summed E-state index contributed by atoms with van der Waals surface area (Å²) in [6.45, 7) is 0. The second kappa shape index (κ2) is 10.9. The molecule has 0 aliphatic heterocycles. The Hall–Kier alpha value is -4.19. The van der Waals surface area contributed by atoms with Gasteiger partial charge in [-0.1, -0.05) is 60.7 Å². The van der Waals surface area contributed by atoms with Crippen LogP contribution in [-0.2, 0) is 11.8 Å². The quantitative estimate of drug-likeness (QED) is 0.155. The molecule has 4 aromatic rings. The number of hydrogen-bond acceptors (Lipinski definition) is 2. The van der Waals surface area contributed by atoms with Crippen molar-refractivity contribution in [2.45, 2.75) is 29.8 Å². The normalized spacial score (nSPS) is 13.6. The first-order valence-corrected chi connectivity index (χ1v) is 12.0. The Labute approximate surface area is 231 Å². The maximum atomic E-state index is 14.8. The van der Waals surface area contributed by atoms with Crippen molar-refractivity contribution >= 4 is 5.78 Å². The average molecular weight is 600 g/mol. The maximum absolute atomic E-state index is 14.8. The van der Waals surface area contributed by atoms with Gasteiger partial charge in [-0.2, -0.15) is 35.1 Å². The largest absolute Gasteiger partial charge is 0.384 e. The van der Waals surface area contributed by atoms with Crippen molar-refractivity contribution in [2.75, 3.05) is 0 Å². The first-order chi connectivity index (χ1) is 19.5. The van der Waals surface area contributed by atoms with Crippen molar-refractivity contribution in [1.82, 2.24) is 0 Å². The lowest BCUT2D eigenvalue weighted by Gasteiger charge is -2.37. The van der Waals surface area contributed by atoms with Crippen LogP contribution in [0.25, 0.3) is 0 Å². The Balaban J connectivity index is 1.59. The van der Waals surface area contributed by atoms with Crippen LogP contribution in [0.5, 0.6) is 0 Å². The first-order valence-electron chi connectivity index (χ1n) is 12.0. The number of benzene rings is 4. The maximum Gasteiger partial charge on any atom is 0.382 e. The zero-order valence-corrected chi connectivity index (χ0v) is 21.0. The molecule has 0 fully saturated rings. The molecule has 0 bridgehead atoms. The molecule has 0 saturated carbocycles. The zero-order chi connectivity index (χ0) is 31.1. The van der Waals surface area contributed by atoms with Gasteiger partial charge < -0.3 is 5.11 Å². The molecule has 42 heavy (non-hydrogen) atoms. The molecule has 4 aromatic carbocycles. The number of alkyl halides is 8. The molecular formula is C30H18F10O2. The monoisotopic (exact) mass is 600 g/mol. The van der Waals surface area contributed by atoms with Gasteiger partial charge in [0, 0.05) is 22.3 Å². The molecule has 0 saturated heterocycles. The molecule has 0 amide bonds. The number of rotatable bonds is 9. The molecule has 0 heterocycles. The van der Waals surface area contributed by atoms with Gasteiger partial charge in [0.05, 0.1) is 0 Å². The van der Waals surface area contributed by atoms with E-state index in [1.165, 1.54) is 0 Å². The van der Waals surface area contributed by atoms with Gasteiger partial charge in [-0.15, -0.1) is 0 Å². The van der Waals surface area contributed by atoms with Crippen LogP contribution in [0.4, 0.5) is 43.9 Å². The molecule has 220 valence electrons. The van der Waals surface area contributed by atoms with Crippen molar-refractivity contribution in [1.29, 1.82) is 0 Å². The Morgan fingerprint density at radius 2 is 0.786 bits per heavy atom. The molecule has 0 spiro atoms. The highest BCUT2D eigenvalue weighted by atomic mass is 19.4. The highest BCUT2D eigenvalue weighted by molar-refractivity contribution is 6.08. The summed E-state index contributed by atoms with van der Waals surface area (Å²) in [6.07, 6.45) is -1.53. The molecule has 4 rings (SSSR count). The topological polar surface area (TPSA) is 37.3 Å². The van der Waals surface area contributed by atoms with E-state index in [0.29, 0.717) is 24.3 Å². The molecule has 1 N–H and O–H groups in total. The molecule has 1 atom stereocenters. The fraction of sp³-hybridized carbons (Fsp3) is 0.167. The van der Waals surface area contributed by atoms with E-state index in [2.05, 4.69) is 0 Å². The smallest absolute Gasteiger partial charge is 0.382 e. The fourth-order valence-electron chi connectivity index (χ4n) is 4.07. The van der Waals surface area contributed by atoms with Gasteiger partial charge in [0.2, 0.25) is 0 Å². The third-order valence-corrected chi connectivity index (χ3v) is 6.57. The fourth-order valence-corrected chi connectivity index (χ4v) is 4.07. The Bertz CT molecular complexity index is 1550. The lowest BCUT2D eigenvalue weighted by molar-refractivity contribution is -0.374. The number of aliphatic hydroxyl groups excluding tert-OH is 1. The third-order valence-electron chi connectivity index (χ3n) is 6.57. The number of carbonyl (C=O) groups is 1. The van der Waals surface area contributed by atoms with Crippen LogP contribution in [0, 0.1) is 11.6 Å². The van der Waals surface area contributed by atoms with Gasteiger partial charge >= 0.3 is 23.7 Å². The highest BCUT2D eigenvalue weighted by Crippen LogP contribution is 2.59. The standard InChI is InChI=1S/C30H18F10O2/c31-23-13-5-19(6-14-23)25(41)17-1-9-21(10-2-17)27(33,34)29(37,38)30(39,40)28(35,36)22-11-3-18(4-12-22)26(42)20-7-15-24(32)16-8-20/h1-16,25,41H. The second-order valence-corrected chi connectivity index (χ2v) is 9.29. The number of carbonyl (C=O) groups excluding carboxylic acids is 1. The molecule has 1 unspecified atom stereocenters.